The highest BCUT2D eigenvalue weighted by Gasteiger charge is 2.22. The topological polar surface area (TPSA) is 15.3 Å². The summed E-state index contributed by atoms with van der Waals surface area (Å²) in [5, 5.41) is 3.58. The van der Waals surface area contributed by atoms with Crippen LogP contribution in [0.4, 0.5) is 0 Å². The van der Waals surface area contributed by atoms with Gasteiger partial charge in [-0.05, 0) is 45.7 Å². The summed E-state index contributed by atoms with van der Waals surface area (Å²) in [4.78, 5) is 2.67. The first-order valence-electron chi connectivity index (χ1n) is 5.83. The van der Waals surface area contributed by atoms with Gasteiger partial charge in [-0.1, -0.05) is 6.42 Å². The van der Waals surface area contributed by atoms with E-state index < -0.39 is 0 Å². The van der Waals surface area contributed by atoms with E-state index in [1.54, 1.807) is 0 Å². The predicted molar refractivity (Wildman–Crippen MR) is 55.9 cm³/mol. The maximum Gasteiger partial charge on any atom is 0.0195 e. The van der Waals surface area contributed by atoms with Crippen LogP contribution < -0.4 is 5.32 Å². The van der Waals surface area contributed by atoms with Gasteiger partial charge in [-0.15, -0.1) is 0 Å². The fraction of sp³-hybridized carbons (Fsp3) is 1.00. The zero-order valence-electron chi connectivity index (χ0n) is 8.76. The molecular weight excluding hydrogens is 160 g/mol. The Hall–Kier alpha value is -0.0800. The minimum Gasteiger partial charge on any atom is -0.313 e. The van der Waals surface area contributed by atoms with E-state index in [0.717, 1.165) is 12.1 Å². The molecule has 0 radical (unpaired) electrons. The van der Waals surface area contributed by atoms with Crippen LogP contribution in [0.15, 0.2) is 0 Å². The molecule has 2 aliphatic rings. The van der Waals surface area contributed by atoms with Crippen molar-refractivity contribution in [2.45, 2.75) is 51.1 Å². The first kappa shape index (κ1) is 9.47. The third-order valence-corrected chi connectivity index (χ3v) is 3.56. The van der Waals surface area contributed by atoms with Gasteiger partial charge in [-0.3, -0.25) is 4.90 Å². The molecule has 0 spiro atoms. The number of hydrogen-bond acceptors (Lipinski definition) is 2. The van der Waals surface area contributed by atoms with E-state index in [0.29, 0.717) is 0 Å². The van der Waals surface area contributed by atoms with Gasteiger partial charge in [0.1, 0.15) is 0 Å². The monoisotopic (exact) mass is 182 g/mol. The summed E-state index contributed by atoms with van der Waals surface area (Å²) in [5.74, 6) is 0. The Balaban J connectivity index is 1.78. The smallest absolute Gasteiger partial charge is 0.0195 e. The van der Waals surface area contributed by atoms with E-state index in [4.69, 9.17) is 0 Å². The fourth-order valence-corrected chi connectivity index (χ4v) is 2.62. The lowest BCUT2D eigenvalue weighted by molar-refractivity contribution is 0.148. The maximum absolute atomic E-state index is 3.58. The molecule has 76 valence electrons. The van der Waals surface area contributed by atoms with Gasteiger partial charge in [-0.2, -0.15) is 0 Å². The summed E-state index contributed by atoms with van der Waals surface area (Å²) in [6.07, 6.45) is 7.04. The Morgan fingerprint density at radius 2 is 2.15 bits per heavy atom. The molecule has 0 aromatic carbocycles. The molecule has 1 N–H and O–H groups in total. The molecule has 2 rings (SSSR count). The number of likely N-dealkylation sites (tertiary alicyclic amines) is 1. The minimum absolute atomic E-state index is 0.792. The number of rotatable bonds is 2. The first-order chi connectivity index (χ1) is 6.36. The lowest BCUT2D eigenvalue weighted by atomic mass is 10.0. The molecular formula is C11H22N2. The average molecular weight is 182 g/mol. The van der Waals surface area contributed by atoms with Crippen LogP contribution in [-0.2, 0) is 0 Å². The van der Waals surface area contributed by atoms with Crippen molar-refractivity contribution in [3.05, 3.63) is 0 Å². The first-order valence-corrected chi connectivity index (χ1v) is 5.83. The highest BCUT2D eigenvalue weighted by Crippen LogP contribution is 2.18. The van der Waals surface area contributed by atoms with Gasteiger partial charge in [-0.25, -0.2) is 0 Å². The van der Waals surface area contributed by atoms with Crippen LogP contribution in [0.3, 0.4) is 0 Å². The van der Waals surface area contributed by atoms with Crippen LogP contribution in [0.25, 0.3) is 0 Å². The number of nitrogens with one attached hydrogen (secondary N) is 1. The van der Waals surface area contributed by atoms with Crippen LogP contribution in [0.1, 0.15) is 39.0 Å². The van der Waals surface area contributed by atoms with Gasteiger partial charge < -0.3 is 5.32 Å². The molecule has 2 nitrogen and oxygen atoms in total. The van der Waals surface area contributed by atoms with Crippen LogP contribution in [-0.4, -0.2) is 36.6 Å². The lowest BCUT2D eigenvalue weighted by Crippen LogP contribution is -2.44. The molecule has 0 amide bonds. The maximum atomic E-state index is 3.58. The van der Waals surface area contributed by atoms with Gasteiger partial charge in [0.2, 0.25) is 0 Å². The molecule has 0 aromatic rings. The number of hydrogen-bond donors (Lipinski definition) is 1. The van der Waals surface area contributed by atoms with Crippen molar-refractivity contribution in [3.63, 3.8) is 0 Å². The second-order valence-electron chi connectivity index (χ2n) is 4.63. The Kier molecular flexibility index (Phi) is 3.23. The summed E-state index contributed by atoms with van der Waals surface area (Å²) in [6, 6.07) is 1.62. The van der Waals surface area contributed by atoms with Crippen LogP contribution in [0.2, 0.25) is 0 Å². The third kappa shape index (κ3) is 2.44. The minimum atomic E-state index is 0.792. The van der Waals surface area contributed by atoms with Crippen molar-refractivity contribution < 1.29 is 0 Å². The summed E-state index contributed by atoms with van der Waals surface area (Å²) in [7, 11) is 0. The molecule has 0 aliphatic carbocycles. The molecule has 2 aliphatic heterocycles. The van der Waals surface area contributed by atoms with Crippen molar-refractivity contribution in [2.24, 2.45) is 0 Å². The molecule has 2 heterocycles. The normalized spacial score (nSPS) is 36.7. The lowest BCUT2D eigenvalue weighted by Gasteiger charge is -2.35. The molecule has 0 saturated carbocycles. The van der Waals surface area contributed by atoms with Gasteiger partial charge in [0.25, 0.3) is 0 Å². The highest BCUT2D eigenvalue weighted by molar-refractivity contribution is 4.81. The zero-order chi connectivity index (χ0) is 9.10. The molecule has 0 aromatic heterocycles. The summed E-state index contributed by atoms with van der Waals surface area (Å²) in [5.41, 5.74) is 0. The van der Waals surface area contributed by atoms with E-state index in [1.807, 2.05) is 0 Å². The fourth-order valence-electron chi connectivity index (χ4n) is 2.62. The highest BCUT2D eigenvalue weighted by atomic mass is 15.2. The molecule has 2 unspecified atom stereocenters. The summed E-state index contributed by atoms with van der Waals surface area (Å²) >= 11 is 0. The van der Waals surface area contributed by atoms with Crippen molar-refractivity contribution in [3.8, 4) is 0 Å². The molecule has 2 saturated heterocycles. The summed E-state index contributed by atoms with van der Waals surface area (Å²) in [6.45, 7) is 6.25. The quantitative estimate of drug-likeness (QED) is 0.698. The molecule has 0 bridgehead atoms. The van der Waals surface area contributed by atoms with E-state index in [2.05, 4.69) is 17.1 Å². The van der Waals surface area contributed by atoms with E-state index in [9.17, 15) is 0 Å². The Morgan fingerprint density at radius 1 is 1.23 bits per heavy atom. The van der Waals surface area contributed by atoms with E-state index >= 15 is 0 Å². The van der Waals surface area contributed by atoms with Crippen LogP contribution in [0, 0.1) is 0 Å². The van der Waals surface area contributed by atoms with Crippen molar-refractivity contribution in [1.29, 1.82) is 0 Å². The Bertz CT molecular complexity index is 152. The standard InChI is InChI=1S/C11H22N2/c1-10-5-2-3-8-13(10)9-11-6-4-7-12-11/h10-12H,2-9H2,1H3. The van der Waals surface area contributed by atoms with Crippen molar-refractivity contribution >= 4 is 0 Å². The van der Waals surface area contributed by atoms with E-state index in [1.165, 1.54) is 51.7 Å². The Labute approximate surface area is 81.7 Å². The SMILES string of the molecule is CC1CCCCN1CC1CCCN1. The van der Waals surface area contributed by atoms with Gasteiger partial charge in [0.05, 0.1) is 0 Å². The van der Waals surface area contributed by atoms with Crippen molar-refractivity contribution in [2.75, 3.05) is 19.6 Å². The second kappa shape index (κ2) is 4.43. The number of nitrogens with zero attached hydrogens (tertiary/aromatic N) is 1. The zero-order valence-corrected chi connectivity index (χ0v) is 8.76. The third-order valence-electron chi connectivity index (χ3n) is 3.56. The second-order valence-corrected chi connectivity index (χ2v) is 4.63. The van der Waals surface area contributed by atoms with Crippen LogP contribution >= 0.6 is 0 Å². The largest absolute Gasteiger partial charge is 0.313 e. The summed E-state index contributed by atoms with van der Waals surface area (Å²) < 4.78 is 0. The number of piperidine rings is 1. The van der Waals surface area contributed by atoms with Gasteiger partial charge in [0.15, 0.2) is 0 Å². The molecule has 2 atom stereocenters. The molecule has 2 fully saturated rings. The predicted octanol–water partition coefficient (Wildman–Crippen LogP) is 1.61. The van der Waals surface area contributed by atoms with Crippen molar-refractivity contribution in [1.82, 2.24) is 10.2 Å². The van der Waals surface area contributed by atoms with Gasteiger partial charge in [0, 0.05) is 18.6 Å². The molecule has 13 heavy (non-hydrogen) atoms. The molecule has 2 heteroatoms. The van der Waals surface area contributed by atoms with Gasteiger partial charge >= 0.3 is 0 Å². The average Bonchev–Trinajstić information content (AvgIpc) is 2.61. The van der Waals surface area contributed by atoms with Crippen LogP contribution in [0.5, 0.6) is 0 Å². The Morgan fingerprint density at radius 3 is 2.85 bits per heavy atom. The van der Waals surface area contributed by atoms with E-state index in [-0.39, 0.29) is 0 Å².